The number of aryl methyl sites for hydroxylation is 2. The van der Waals surface area contributed by atoms with E-state index in [4.69, 9.17) is 4.74 Å². The van der Waals surface area contributed by atoms with Crippen molar-refractivity contribution in [3.8, 4) is 0 Å². The molecule has 0 atom stereocenters. The molecule has 2 aromatic rings. The molecule has 8 heteroatoms. The molecular formula is C21H22BrFN2O4. The van der Waals surface area contributed by atoms with E-state index in [-0.39, 0.29) is 31.0 Å². The zero-order valence-electron chi connectivity index (χ0n) is 16.2. The van der Waals surface area contributed by atoms with E-state index < -0.39 is 18.5 Å². The second kappa shape index (κ2) is 10.7. The second-order valence-electron chi connectivity index (χ2n) is 6.54. The number of benzene rings is 2. The van der Waals surface area contributed by atoms with Gasteiger partial charge in [-0.3, -0.25) is 14.4 Å². The van der Waals surface area contributed by atoms with Crippen molar-refractivity contribution in [2.45, 2.75) is 33.1 Å². The van der Waals surface area contributed by atoms with Crippen LogP contribution in [0.15, 0.2) is 40.9 Å². The van der Waals surface area contributed by atoms with E-state index in [1.54, 1.807) is 0 Å². The monoisotopic (exact) mass is 464 g/mol. The number of rotatable bonds is 8. The van der Waals surface area contributed by atoms with E-state index >= 15 is 0 Å². The van der Waals surface area contributed by atoms with Gasteiger partial charge in [0, 0.05) is 28.7 Å². The van der Waals surface area contributed by atoms with Gasteiger partial charge in [0.15, 0.2) is 6.61 Å². The molecule has 0 aliphatic carbocycles. The zero-order chi connectivity index (χ0) is 21.4. The van der Waals surface area contributed by atoms with Crippen LogP contribution in [0.5, 0.6) is 0 Å². The smallest absolute Gasteiger partial charge is 0.306 e. The summed E-state index contributed by atoms with van der Waals surface area (Å²) in [4.78, 5) is 35.5. The Labute approximate surface area is 177 Å². The van der Waals surface area contributed by atoms with E-state index in [9.17, 15) is 18.8 Å². The molecule has 154 valence electrons. The Morgan fingerprint density at radius 3 is 2.14 bits per heavy atom. The summed E-state index contributed by atoms with van der Waals surface area (Å²) in [6, 6.07) is 9.03. The van der Waals surface area contributed by atoms with Crippen LogP contribution in [0.2, 0.25) is 0 Å². The third kappa shape index (κ3) is 7.65. The number of nitrogens with one attached hydrogen (secondary N) is 2. The first-order valence-corrected chi connectivity index (χ1v) is 9.81. The van der Waals surface area contributed by atoms with Crippen molar-refractivity contribution in [1.29, 1.82) is 0 Å². The number of anilines is 2. The van der Waals surface area contributed by atoms with Gasteiger partial charge in [-0.15, -0.1) is 0 Å². The quantitative estimate of drug-likeness (QED) is 0.563. The van der Waals surface area contributed by atoms with E-state index in [0.717, 1.165) is 15.6 Å². The lowest BCUT2D eigenvalue weighted by Crippen LogP contribution is -2.21. The highest BCUT2D eigenvalue weighted by atomic mass is 79.9. The minimum atomic E-state index is -0.558. The first-order valence-electron chi connectivity index (χ1n) is 9.02. The number of hydrogen-bond donors (Lipinski definition) is 2. The summed E-state index contributed by atoms with van der Waals surface area (Å²) in [7, 11) is 0. The van der Waals surface area contributed by atoms with Gasteiger partial charge in [-0.1, -0.05) is 15.9 Å². The zero-order valence-corrected chi connectivity index (χ0v) is 17.8. The van der Waals surface area contributed by atoms with Crippen LogP contribution in [0.3, 0.4) is 0 Å². The fraction of sp³-hybridized carbons (Fsp3) is 0.286. The molecule has 2 amide bonds. The van der Waals surface area contributed by atoms with Crippen molar-refractivity contribution >= 4 is 45.1 Å². The number of hydrogen-bond acceptors (Lipinski definition) is 4. The number of amides is 2. The minimum Gasteiger partial charge on any atom is -0.456 e. The highest BCUT2D eigenvalue weighted by molar-refractivity contribution is 9.10. The molecule has 2 rings (SSSR count). The van der Waals surface area contributed by atoms with Crippen LogP contribution >= 0.6 is 15.9 Å². The molecule has 0 aliphatic rings. The number of carbonyl (C=O) groups is 3. The van der Waals surface area contributed by atoms with Gasteiger partial charge in [0.2, 0.25) is 5.91 Å². The first kappa shape index (κ1) is 22.5. The summed E-state index contributed by atoms with van der Waals surface area (Å²) in [5, 5.41) is 5.29. The van der Waals surface area contributed by atoms with Crippen LogP contribution in [0.25, 0.3) is 0 Å². The summed E-state index contributed by atoms with van der Waals surface area (Å²) in [6.07, 6.45) is 0.398. The molecule has 0 aliphatic heterocycles. The minimum absolute atomic E-state index is 0.0145. The maximum absolute atomic E-state index is 12.8. The Kier molecular flexibility index (Phi) is 8.33. The summed E-state index contributed by atoms with van der Waals surface area (Å²) in [6.45, 7) is 3.44. The number of carbonyl (C=O) groups excluding carboxylic acids is 3. The van der Waals surface area contributed by atoms with Crippen LogP contribution in [-0.4, -0.2) is 24.4 Å². The summed E-state index contributed by atoms with van der Waals surface area (Å²) < 4.78 is 18.7. The maximum Gasteiger partial charge on any atom is 0.306 e. The number of ether oxygens (including phenoxy) is 1. The standard InChI is InChI=1S/C21H22BrFN2O4/c1-13-10-17(11-14(2)21(13)22)25-19(27)12-29-20(28)5-3-4-18(26)24-16-8-6-15(23)7-9-16/h6-11H,3-5,12H2,1-2H3,(H,24,26)(H,25,27). The average molecular weight is 465 g/mol. The van der Waals surface area contributed by atoms with Crippen LogP contribution < -0.4 is 10.6 Å². The first-order chi connectivity index (χ1) is 13.7. The third-order valence-electron chi connectivity index (χ3n) is 4.00. The molecule has 29 heavy (non-hydrogen) atoms. The molecule has 0 fully saturated rings. The fourth-order valence-electron chi connectivity index (χ4n) is 2.58. The van der Waals surface area contributed by atoms with Crippen molar-refractivity contribution in [2.24, 2.45) is 0 Å². The average Bonchev–Trinajstić information content (AvgIpc) is 2.66. The number of esters is 1. The van der Waals surface area contributed by atoms with E-state index in [0.29, 0.717) is 11.4 Å². The van der Waals surface area contributed by atoms with Crippen molar-refractivity contribution in [2.75, 3.05) is 17.2 Å². The normalized spacial score (nSPS) is 10.3. The largest absolute Gasteiger partial charge is 0.456 e. The molecule has 0 saturated carbocycles. The lowest BCUT2D eigenvalue weighted by atomic mass is 10.1. The molecule has 2 N–H and O–H groups in total. The third-order valence-corrected chi connectivity index (χ3v) is 5.25. The Bertz CT molecular complexity index is 877. The van der Waals surface area contributed by atoms with E-state index in [1.165, 1.54) is 24.3 Å². The Hall–Kier alpha value is -2.74. The van der Waals surface area contributed by atoms with Crippen LogP contribution in [0.4, 0.5) is 15.8 Å². The summed E-state index contributed by atoms with van der Waals surface area (Å²) in [5.74, 6) is -1.67. The maximum atomic E-state index is 12.8. The highest BCUT2D eigenvalue weighted by Gasteiger charge is 2.11. The van der Waals surface area contributed by atoms with Gasteiger partial charge in [-0.25, -0.2) is 4.39 Å². The van der Waals surface area contributed by atoms with E-state index in [2.05, 4.69) is 26.6 Å². The van der Waals surface area contributed by atoms with E-state index in [1.807, 2.05) is 26.0 Å². The topological polar surface area (TPSA) is 84.5 Å². The molecule has 0 unspecified atom stereocenters. The molecule has 0 aromatic heterocycles. The van der Waals surface area contributed by atoms with Gasteiger partial charge in [0.25, 0.3) is 5.91 Å². The molecule has 0 spiro atoms. The van der Waals surface area contributed by atoms with Gasteiger partial charge in [0.1, 0.15) is 5.82 Å². The lowest BCUT2D eigenvalue weighted by Gasteiger charge is -2.10. The summed E-state index contributed by atoms with van der Waals surface area (Å²) >= 11 is 3.46. The molecule has 0 saturated heterocycles. The van der Waals surface area contributed by atoms with Crippen molar-refractivity contribution in [1.82, 2.24) is 0 Å². The van der Waals surface area contributed by atoms with Crippen molar-refractivity contribution in [3.63, 3.8) is 0 Å². The molecule has 0 radical (unpaired) electrons. The predicted molar refractivity (Wildman–Crippen MR) is 112 cm³/mol. The second-order valence-corrected chi connectivity index (χ2v) is 7.33. The van der Waals surface area contributed by atoms with Gasteiger partial charge in [-0.05, 0) is 67.8 Å². The fourth-order valence-corrected chi connectivity index (χ4v) is 2.81. The Morgan fingerprint density at radius 2 is 1.52 bits per heavy atom. The lowest BCUT2D eigenvalue weighted by molar-refractivity contribution is -0.147. The molecule has 6 nitrogen and oxygen atoms in total. The SMILES string of the molecule is Cc1cc(NC(=O)COC(=O)CCCC(=O)Nc2ccc(F)cc2)cc(C)c1Br. The highest BCUT2D eigenvalue weighted by Crippen LogP contribution is 2.24. The van der Waals surface area contributed by atoms with Crippen LogP contribution in [0, 0.1) is 19.7 Å². The van der Waals surface area contributed by atoms with Gasteiger partial charge in [-0.2, -0.15) is 0 Å². The predicted octanol–water partition coefficient (Wildman–Crippen LogP) is 4.50. The van der Waals surface area contributed by atoms with Gasteiger partial charge in [0.05, 0.1) is 0 Å². The molecule has 0 bridgehead atoms. The molecule has 0 heterocycles. The van der Waals surface area contributed by atoms with Gasteiger partial charge >= 0.3 is 5.97 Å². The van der Waals surface area contributed by atoms with Gasteiger partial charge < -0.3 is 15.4 Å². The van der Waals surface area contributed by atoms with Crippen molar-refractivity contribution < 1.29 is 23.5 Å². The van der Waals surface area contributed by atoms with Crippen molar-refractivity contribution in [3.05, 3.63) is 57.8 Å². The Morgan fingerprint density at radius 1 is 0.931 bits per heavy atom. The Balaban J connectivity index is 1.66. The number of halogens is 2. The molecular weight excluding hydrogens is 443 g/mol. The molecule has 2 aromatic carbocycles. The van der Waals surface area contributed by atoms with Crippen LogP contribution in [0.1, 0.15) is 30.4 Å². The summed E-state index contributed by atoms with van der Waals surface area (Å²) in [5.41, 5.74) is 3.07. The van der Waals surface area contributed by atoms with Crippen LogP contribution in [-0.2, 0) is 19.1 Å².